The van der Waals surface area contributed by atoms with Gasteiger partial charge < -0.3 is 10.1 Å². The molecule has 0 saturated carbocycles. The summed E-state index contributed by atoms with van der Waals surface area (Å²) in [6, 6.07) is 3.82. The second-order valence-electron chi connectivity index (χ2n) is 4.19. The van der Waals surface area contributed by atoms with Crippen molar-refractivity contribution >= 4 is 51.4 Å². The van der Waals surface area contributed by atoms with Gasteiger partial charge in [-0.15, -0.1) is 21.5 Å². The summed E-state index contributed by atoms with van der Waals surface area (Å²) in [4.78, 5) is 24.4. The van der Waals surface area contributed by atoms with Crippen LogP contribution in [0, 0.1) is 0 Å². The molecule has 0 bridgehead atoms. The standard InChI is InChI=1S/C13H15N3O3S3/c1-3-19-11(18)8(2)21-13-16-15-12(22-13)14-10(17)7-9-5-4-6-20-9/h4-6,8H,3,7H2,1-2H3,(H,14,15,17)/t8-/m0/s1. The van der Waals surface area contributed by atoms with Crippen LogP contribution in [0.4, 0.5) is 5.13 Å². The summed E-state index contributed by atoms with van der Waals surface area (Å²) in [7, 11) is 0. The number of anilines is 1. The third-order valence-corrected chi connectivity index (χ3v) is 5.34. The molecule has 2 aromatic heterocycles. The molecule has 0 saturated heterocycles. The van der Waals surface area contributed by atoms with Crippen LogP contribution in [0.1, 0.15) is 18.7 Å². The lowest BCUT2D eigenvalue weighted by molar-refractivity contribution is -0.142. The zero-order valence-corrected chi connectivity index (χ0v) is 14.5. The van der Waals surface area contributed by atoms with E-state index in [0.717, 1.165) is 4.88 Å². The maximum atomic E-state index is 11.9. The normalized spacial score (nSPS) is 11.9. The smallest absolute Gasteiger partial charge is 0.319 e. The Morgan fingerprint density at radius 3 is 2.95 bits per heavy atom. The first-order chi connectivity index (χ1) is 10.6. The van der Waals surface area contributed by atoms with Gasteiger partial charge in [-0.05, 0) is 25.3 Å². The molecule has 22 heavy (non-hydrogen) atoms. The summed E-state index contributed by atoms with van der Waals surface area (Å²) in [6.45, 7) is 3.87. The van der Waals surface area contributed by atoms with Gasteiger partial charge in [0.25, 0.3) is 0 Å². The predicted octanol–water partition coefficient (Wildman–Crippen LogP) is 2.82. The molecule has 1 amide bonds. The third kappa shape index (κ3) is 5.08. The van der Waals surface area contributed by atoms with Crippen LogP contribution in [0.25, 0.3) is 0 Å². The van der Waals surface area contributed by atoms with Crippen LogP contribution >= 0.6 is 34.4 Å². The second-order valence-corrected chi connectivity index (χ2v) is 7.79. The second kappa shape index (κ2) is 8.25. The minimum Gasteiger partial charge on any atom is -0.465 e. The Morgan fingerprint density at radius 1 is 1.45 bits per heavy atom. The summed E-state index contributed by atoms with van der Waals surface area (Å²) in [5.41, 5.74) is 0. The topological polar surface area (TPSA) is 81.2 Å². The average Bonchev–Trinajstić information content (AvgIpc) is 3.11. The number of hydrogen-bond acceptors (Lipinski definition) is 8. The van der Waals surface area contributed by atoms with E-state index in [4.69, 9.17) is 4.74 Å². The molecule has 0 aromatic carbocycles. The molecule has 6 nitrogen and oxygen atoms in total. The highest BCUT2D eigenvalue weighted by molar-refractivity contribution is 8.02. The average molecular weight is 357 g/mol. The number of carbonyl (C=O) groups is 2. The van der Waals surface area contributed by atoms with Crippen molar-refractivity contribution in [3.05, 3.63) is 22.4 Å². The number of amides is 1. The van der Waals surface area contributed by atoms with E-state index in [1.165, 1.54) is 34.4 Å². The van der Waals surface area contributed by atoms with Crippen LogP contribution in [0.15, 0.2) is 21.9 Å². The van der Waals surface area contributed by atoms with Crippen LogP contribution in [-0.2, 0) is 20.7 Å². The number of nitrogens with zero attached hydrogens (tertiary/aromatic N) is 2. The summed E-state index contributed by atoms with van der Waals surface area (Å²) in [6.07, 6.45) is 0.318. The largest absolute Gasteiger partial charge is 0.465 e. The fraction of sp³-hybridized carbons (Fsp3) is 0.385. The quantitative estimate of drug-likeness (QED) is 0.466. The van der Waals surface area contributed by atoms with Crippen molar-refractivity contribution in [2.75, 3.05) is 11.9 Å². The molecule has 0 aliphatic rings. The van der Waals surface area contributed by atoms with Crippen LogP contribution in [0.3, 0.4) is 0 Å². The molecule has 1 N–H and O–H groups in total. The number of nitrogens with one attached hydrogen (secondary N) is 1. The van der Waals surface area contributed by atoms with Gasteiger partial charge in [0.2, 0.25) is 11.0 Å². The molecule has 9 heteroatoms. The molecule has 118 valence electrons. The van der Waals surface area contributed by atoms with Crippen molar-refractivity contribution in [2.45, 2.75) is 29.9 Å². The van der Waals surface area contributed by atoms with E-state index in [2.05, 4.69) is 15.5 Å². The SMILES string of the molecule is CCOC(=O)[C@H](C)Sc1nnc(NC(=O)Cc2cccs2)s1. The van der Waals surface area contributed by atoms with Gasteiger partial charge in [0, 0.05) is 4.88 Å². The summed E-state index contributed by atoms with van der Waals surface area (Å²) >= 11 is 4.04. The van der Waals surface area contributed by atoms with Crippen molar-refractivity contribution in [2.24, 2.45) is 0 Å². The highest BCUT2D eigenvalue weighted by Crippen LogP contribution is 2.29. The fourth-order valence-corrected chi connectivity index (χ4v) is 4.12. The molecule has 2 heterocycles. The first-order valence-corrected chi connectivity index (χ1v) is 9.15. The lowest BCUT2D eigenvalue weighted by Gasteiger charge is -2.06. The molecule has 2 aromatic rings. The van der Waals surface area contributed by atoms with Crippen molar-refractivity contribution in [3.8, 4) is 0 Å². The Morgan fingerprint density at radius 2 is 2.27 bits per heavy atom. The molecule has 2 rings (SSSR count). The van der Waals surface area contributed by atoms with E-state index in [9.17, 15) is 9.59 Å². The van der Waals surface area contributed by atoms with Gasteiger partial charge in [-0.1, -0.05) is 29.2 Å². The number of ether oxygens (including phenoxy) is 1. The zero-order valence-electron chi connectivity index (χ0n) is 12.1. The predicted molar refractivity (Wildman–Crippen MR) is 88.5 cm³/mol. The van der Waals surface area contributed by atoms with Gasteiger partial charge in [-0.3, -0.25) is 9.59 Å². The van der Waals surface area contributed by atoms with Crippen LogP contribution in [0.2, 0.25) is 0 Å². The van der Waals surface area contributed by atoms with E-state index in [-0.39, 0.29) is 17.1 Å². The Bertz CT molecular complexity index is 628. The number of hydrogen-bond donors (Lipinski definition) is 1. The summed E-state index contributed by atoms with van der Waals surface area (Å²) in [5.74, 6) is -0.417. The number of thioether (sulfide) groups is 1. The van der Waals surface area contributed by atoms with Crippen molar-refractivity contribution in [1.82, 2.24) is 10.2 Å². The molecule has 1 atom stereocenters. The number of carbonyl (C=O) groups excluding carboxylic acids is 2. The minimum atomic E-state index is -0.359. The highest BCUT2D eigenvalue weighted by Gasteiger charge is 2.18. The van der Waals surface area contributed by atoms with Crippen molar-refractivity contribution in [3.63, 3.8) is 0 Å². The molecule has 0 spiro atoms. The monoisotopic (exact) mass is 357 g/mol. The van der Waals surface area contributed by atoms with E-state index >= 15 is 0 Å². The Hall–Kier alpha value is -1.45. The Labute approximate surface area is 140 Å². The van der Waals surface area contributed by atoms with Gasteiger partial charge in [0.05, 0.1) is 13.0 Å². The van der Waals surface area contributed by atoms with Gasteiger partial charge in [0.1, 0.15) is 5.25 Å². The summed E-state index contributed by atoms with van der Waals surface area (Å²) < 4.78 is 5.55. The lowest BCUT2D eigenvalue weighted by atomic mass is 10.3. The lowest BCUT2D eigenvalue weighted by Crippen LogP contribution is -2.16. The number of esters is 1. The maximum Gasteiger partial charge on any atom is 0.319 e. The maximum absolute atomic E-state index is 11.9. The Balaban J connectivity index is 1.85. The molecule has 0 unspecified atom stereocenters. The van der Waals surface area contributed by atoms with Crippen molar-refractivity contribution in [1.29, 1.82) is 0 Å². The molecule has 0 fully saturated rings. The Kier molecular flexibility index (Phi) is 6.34. The first kappa shape index (κ1) is 16.9. The van der Waals surface area contributed by atoms with Gasteiger partial charge in [-0.25, -0.2) is 0 Å². The van der Waals surface area contributed by atoms with Crippen LogP contribution in [-0.4, -0.2) is 33.9 Å². The minimum absolute atomic E-state index is 0.131. The fourth-order valence-electron chi connectivity index (χ4n) is 1.50. The van der Waals surface area contributed by atoms with Gasteiger partial charge in [0.15, 0.2) is 4.34 Å². The highest BCUT2D eigenvalue weighted by atomic mass is 32.2. The molecule has 0 aliphatic heterocycles. The molecule has 0 aliphatic carbocycles. The van der Waals surface area contributed by atoms with Gasteiger partial charge >= 0.3 is 5.97 Å². The van der Waals surface area contributed by atoms with E-state index in [0.29, 0.717) is 22.5 Å². The first-order valence-electron chi connectivity index (χ1n) is 6.57. The van der Waals surface area contributed by atoms with Crippen LogP contribution < -0.4 is 5.32 Å². The van der Waals surface area contributed by atoms with E-state index in [1.807, 2.05) is 17.5 Å². The van der Waals surface area contributed by atoms with Gasteiger partial charge in [-0.2, -0.15) is 0 Å². The summed E-state index contributed by atoms with van der Waals surface area (Å²) in [5, 5.41) is 12.6. The van der Waals surface area contributed by atoms with Crippen molar-refractivity contribution < 1.29 is 14.3 Å². The number of thiophene rings is 1. The van der Waals surface area contributed by atoms with E-state index in [1.54, 1.807) is 13.8 Å². The number of aromatic nitrogens is 2. The molecule has 0 radical (unpaired) electrons. The van der Waals surface area contributed by atoms with Crippen LogP contribution in [0.5, 0.6) is 0 Å². The molecular formula is C13H15N3O3S3. The van der Waals surface area contributed by atoms with E-state index < -0.39 is 0 Å². The molecular weight excluding hydrogens is 342 g/mol. The zero-order chi connectivity index (χ0) is 15.9. The third-order valence-electron chi connectivity index (χ3n) is 2.46. The number of rotatable bonds is 7.